The zero-order valence-corrected chi connectivity index (χ0v) is 14.8. The van der Waals surface area contributed by atoms with Crippen LogP contribution >= 0.6 is 23.8 Å². The van der Waals surface area contributed by atoms with E-state index in [2.05, 4.69) is 19.4 Å². The molecular weight excluding hydrogens is 306 g/mol. The minimum Gasteiger partial charge on any atom is -0.496 e. The number of quaternary nitrogens is 1. The molecule has 1 aromatic rings. The van der Waals surface area contributed by atoms with Gasteiger partial charge in [0.15, 0.2) is 5.11 Å². The standard InChI is InChI=1S/C15H24ClN3OS/c1-18(2)9-5-8-17-15(21)19(3)11-12-10-13(16)6-7-14(12)20-4/h6-7,10H,5,8-9,11H2,1-4H3,(H,17,21)/p+1. The Morgan fingerprint density at radius 2 is 2.14 bits per heavy atom. The van der Waals surface area contributed by atoms with E-state index in [-0.39, 0.29) is 0 Å². The van der Waals surface area contributed by atoms with Gasteiger partial charge in [-0.1, -0.05) is 11.6 Å². The normalized spacial score (nSPS) is 10.6. The Morgan fingerprint density at radius 3 is 2.76 bits per heavy atom. The van der Waals surface area contributed by atoms with E-state index < -0.39 is 0 Å². The van der Waals surface area contributed by atoms with Crippen molar-refractivity contribution in [3.63, 3.8) is 0 Å². The molecule has 2 N–H and O–H groups in total. The van der Waals surface area contributed by atoms with Crippen molar-refractivity contribution in [1.82, 2.24) is 10.2 Å². The van der Waals surface area contributed by atoms with Gasteiger partial charge in [-0.2, -0.15) is 0 Å². The highest BCUT2D eigenvalue weighted by Crippen LogP contribution is 2.23. The van der Waals surface area contributed by atoms with Gasteiger partial charge in [-0.25, -0.2) is 0 Å². The molecule has 0 aliphatic heterocycles. The fourth-order valence-electron chi connectivity index (χ4n) is 1.97. The lowest BCUT2D eigenvalue weighted by molar-refractivity contribution is -0.858. The molecule has 0 aromatic heterocycles. The van der Waals surface area contributed by atoms with Crippen molar-refractivity contribution in [3.05, 3.63) is 28.8 Å². The van der Waals surface area contributed by atoms with Crippen LogP contribution in [0.3, 0.4) is 0 Å². The summed E-state index contributed by atoms with van der Waals surface area (Å²) in [6.45, 7) is 2.68. The highest BCUT2D eigenvalue weighted by Gasteiger charge is 2.09. The molecule has 0 atom stereocenters. The van der Waals surface area contributed by atoms with E-state index in [9.17, 15) is 0 Å². The highest BCUT2D eigenvalue weighted by atomic mass is 35.5. The molecule has 0 spiro atoms. The van der Waals surface area contributed by atoms with Crippen molar-refractivity contribution in [1.29, 1.82) is 0 Å². The Balaban J connectivity index is 2.50. The highest BCUT2D eigenvalue weighted by molar-refractivity contribution is 7.80. The number of hydrogen-bond acceptors (Lipinski definition) is 2. The molecular formula is C15H25ClN3OS+. The van der Waals surface area contributed by atoms with Crippen LogP contribution in [-0.2, 0) is 6.54 Å². The van der Waals surface area contributed by atoms with Gasteiger partial charge in [0, 0.05) is 37.1 Å². The Labute approximate surface area is 138 Å². The number of ether oxygens (including phenoxy) is 1. The molecule has 0 aliphatic carbocycles. The lowest BCUT2D eigenvalue weighted by Crippen LogP contribution is -3.05. The van der Waals surface area contributed by atoms with Gasteiger partial charge < -0.3 is 19.9 Å². The summed E-state index contributed by atoms with van der Waals surface area (Å²) in [7, 11) is 7.92. The SMILES string of the molecule is COc1ccc(Cl)cc1CN(C)C(=S)NCCC[NH+](C)C. The van der Waals surface area contributed by atoms with Gasteiger partial charge >= 0.3 is 0 Å². The van der Waals surface area contributed by atoms with Gasteiger partial charge in [-0.15, -0.1) is 0 Å². The largest absolute Gasteiger partial charge is 0.496 e. The number of nitrogens with zero attached hydrogens (tertiary/aromatic N) is 1. The van der Waals surface area contributed by atoms with Crippen LogP contribution in [0, 0.1) is 0 Å². The molecule has 0 bridgehead atoms. The predicted octanol–water partition coefficient (Wildman–Crippen LogP) is 1.19. The fraction of sp³-hybridized carbons (Fsp3) is 0.533. The lowest BCUT2D eigenvalue weighted by Gasteiger charge is -2.22. The van der Waals surface area contributed by atoms with E-state index >= 15 is 0 Å². The quantitative estimate of drug-likeness (QED) is 0.580. The van der Waals surface area contributed by atoms with E-state index in [1.807, 2.05) is 30.1 Å². The summed E-state index contributed by atoms with van der Waals surface area (Å²) in [5, 5.41) is 4.72. The molecule has 21 heavy (non-hydrogen) atoms. The third-order valence-corrected chi connectivity index (χ3v) is 3.82. The van der Waals surface area contributed by atoms with Crippen molar-refractivity contribution in [2.45, 2.75) is 13.0 Å². The van der Waals surface area contributed by atoms with Crippen LogP contribution in [-0.4, -0.2) is 51.4 Å². The van der Waals surface area contributed by atoms with E-state index in [1.165, 1.54) is 4.90 Å². The van der Waals surface area contributed by atoms with Gasteiger partial charge in [0.25, 0.3) is 0 Å². The van der Waals surface area contributed by atoms with Crippen LogP contribution < -0.4 is 15.0 Å². The van der Waals surface area contributed by atoms with E-state index in [0.717, 1.165) is 35.9 Å². The predicted molar refractivity (Wildman–Crippen MR) is 92.4 cm³/mol. The first kappa shape index (κ1) is 18.0. The van der Waals surface area contributed by atoms with Gasteiger partial charge in [-0.05, 0) is 30.4 Å². The summed E-state index contributed by atoms with van der Waals surface area (Å²) in [6.07, 6.45) is 1.09. The minimum absolute atomic E-state index is 0.661. The number of hydrogen-bond donors (Lipinski definition) is 2. The van der Waals surface area contributed by atoms with Crippen LogP contribution in [0.5, 0.6) is 5.75 Å². The number of nitrogens with one attached hydrogen (secondary N) is 2. The number of benzene rings is 1. The second-order valence-corrected chi connectivity index (χ2v) is 6.18. The Morgan fingerprint density at radius 1 is 1.43 bits per heavy atom. The van der Waals surface area contributed by atoms with Crippen molar-refractivity contribution in [2.24, 2.45) is 0 Å². The maximum absolute atomic E-state index is 6.04. The Bertz CT molecular complexity index is 468. The van der Waals surface area contributed by atoms with Crippen molar-refractivity contribution in [3.8, 4) is 5.75 Å². The lowest BCUT2D eigenvalue weighted by atomic mass is 10.2. The molecule has 4 nitrogen and oxygen atoms in total. The van der Waals surface area contributed by atoms with Gasteiger partial charge in [0.05, 0.1) is 27.7 Å². The Hall–Kier alpha value is -1.04. The zero-order chi connectivity index (χ0) is 15.8. The van der Waals surface area contributed by atoms with Crippen molar-refractivity contribution >= 4 is 28.9 Å². The molecule has 0 saturated heterocycles. The number of methoxy groups -OCH3 is 1. The van der Waals surface area contributed by atoms with Crippen molar-refractivity contribution in [2.75, 3.05) is 41.3 Å². The smallest absolute Gasteiger partial charge is 0.168 e. The fourth-order valence-corrected chi connectivity index (χ4v) is 2.33. The minimum atomic E-state index is 0.661. The first-order valence-corrected chi connectivity index (χ1v) is 7.83. The number of halogens is 1. The molecule has 0 radical (unpaired) electrons. The zero-order valence-electron chi connectivity index (χ0n) is 13.2. The van der Waals surface area contributed by atoms with Crippen LogP contribution in [0.2, 0.25) is 5.02 Å². The maximum atomic E-state index is 6.04. The third-order valence-electron chi connectivity index (χ3n) is 3.13. The first-order chi connectivity index (χ1) is 9.93. The monoisotopic (exact) mass is 330 g/mol. The van der Waals surface area contributed by atoms with Gasteiger partial charge in [-0.3, -0.25) is 0 Å². The van der Waals surface area contributed by atoms with Crippen LogP contribution in [0.25, 0.3) is 0 Å². The van der Waals surface area contributed by atoms with Gasteiger partial charge in [0.1, 0.15) is 5.75 Å². The van der Waals surface area contributed by atoms with Crippen molar-refractivity contribution < 1.29 is 9.64 Å². The van der Waals surface area contributed by atoms with Crippen LogP contribution in [0.4, 0.5) is 0 Å². The second kappa shape index (κ2) is 9.07. The third kappa shape index (κ3) is 6.50. The first-order valence-electron chi connectivity index (χ1n) is 7.04. The summed E-state index contributed by atoms with van der Waals surface area (Å²) in [4.78, 5) is 3.44. The molecule has 0 aliphatic rings. The molecule has 1 rings (SSSR count). The van der Waals surface area contributed by atoms with E-state index in [1.54, 1.807) is 7.11 Å². The summed E-state index contributed by atoms with van der Waals surface area (Å²) < 4.78 is 5.35. The van der Waals surface area contributed by atoms with E-state index in [0.29, 0.717) is 11.6 Å². The second-order valence-electron chi connectivity index (χ2n) is 5.35. The Kier molecular flexibility index (Phi) is 7.78. The van der Waals surface area contributed by atoms with Gasteiger partial charge in [0.2, 0.25) is 0 Å². The summed E-state index contributed by atoms with van der Waals surface area (Å²) in [6, 6.07) is 5.61. The summed E-state index contributed by atoms with van der Waals surface area (Å²) >= 11 is 11.4. The van der Waals surface area contributed by atoms with Crippen LogP contribution in [0.15, 0.2) is 18.2 Å². The molecule has 6 heteroatoms. The molecule has 0 amide bonds. The number of rotatable bonds is 7. The average Bonchev–Trinajstić information content (AvgIpc) is 2.43. The van der Waals surface area contributed by atoms with E-state index in [4.69, 9.17) is 28.6 Å². The molecule has 0 fully saturated rings. The topological polar surface area (TPSA) is 28.9 Å². The molecule has 0 saturated carbocycles. The molecule has 0 heterocycles. The molecule has 0 unspecified atom stereocenters. The molecule has 1 aromatic carbocycles. The summed E-state index contributed by atoms with van der Waals surface area (Å²) in [5.74, 6) is 0.824. The van der Waals surface area contributed by atoms with Crippen LogP contribution in [0.1, 0.15) is 12.0 Å². The average molecular weight is 331 g/mol. The maximum Gasteiger partial charge on any atom is 0.168 e. The molecule has 118 valence electrons. The summed E-state index contributed by atoms with van der Waals surface area (Å²) in [5.41, 5.74) is 1.02. The number of thiocarbonyl (C=S) groups is 1.